The van der Waals surface area contributed by atoms with Crippen LogP contribution in [0.4, 0.5) is 0 Å². The van der Waals surface area contributed by atoms with Crippen molar-refractivity contribution < 1.29 is 9.53 Å². The molecule has 3 heteroatoms. The molecule has 0 aromatic heterocycles. The van der Waals surface area contributed by atoms with Crippen molar-refractivity contribution in [2.24, 2.45) is 0 Å². The molecule has 0 saturated heterocycles. The quantitative estimate of drug-likeness (QED) is 0.0596. The van der Waals surface area contributed by atoms with E-state index < -0.39 is 0 Å². The average molecular weight is 555 g/mol. The van der Waals surface area contributed by atoms with Crippen LogP contribution in [0, 0.1) is 0 Å². The summed E-state index contributed by atoms with van der Waals surface area (Å²) in [5, 5.41) is 0. The number of carbonyl (C=O) groups excluding carboxylic acids is 1. The Kier molecular flexibility index (Phi) is 34.7. The first-order valence-corrected chi connectivity index (χ1v) is 18.7. The van der Waals surface area contributed by atoms with E-state index in [-0.39, 0.29) is 5.97 Å². The number of ether oxygens (including phenoxy) is 1. The Morgan fingerprint density at radius 2 is 0.737 bits per heavy atom. The van der Waals surface area contributed by atoms with Gasteiger partial charge in [-0.15, -0.1) is 0 Å². The summed E-state index contributed by atoms with van der Waals surface area (Å²) in [6.07, 6.45) is 39.4. The Morgan fingerprint density at radius 3 is 1.11 bits per heavy atom. The lowest BCUT2D eigenvalue weighted by Gasteiger charge is -2.06. The van der Waals surface area contributed by atoms with Gasteiger partial charge in [0.15, 0.2) is 0 Å². The highest BCUT2D eigenvalue weighted by Crippen LogP contribution is 2.15. The summed E-state index contributed by atoms with van der Waals surface area (Å²) < 4.78 is 5.43. The highest BCUT2D eigenvalue weighted by atomic mass is 32.2. The van der Waals surface area contributed by atoms with Gasteiger partial charge in [-0.25, -0.2) is 0 Å². The molecule has 2 nitrogen and oxygen atoms in total. The highest BCUT2D eigenvalue weighted by molar-refractivity contribution is 7.99. The Bertz CT molecular complexity index is 440. The molecule has 0 radical (unpaired) electrons. The molecule has 0 atom stereocenters. The van der Waals surface area contributed by atoms with E-state index >= 15 is 0 Å². The lowest BCUT2D eigenvalue weighted by Crippen LogP contribution is -2.07. The molecular weight excluding hydrogens is 484 g/mol. The zero-order valence-corrected chi connectivity index (χ0v) is 27.2. The summed E-state index contributed by atoms with van der Waals surface area (Å²) in [5.41, 5.74) is 0. The molecule has 0 aromatic carbocycles. The van der Waals surface area contributed by atoms with Gasteiger partial charge in [0.1, 0.15) is 0 Å². The fourth-order valence-electron chi connectivity index (χ4n) is 5.21. The first-order valence-electron chi connectivity index (χ1n) is 17.5. The first kappa shape index (κ1) is 37.8. The van der Waals surface area contributed by atoms with Gasteiger partial charge in [0.2, 0.25) is 0 Å². The molecule has 0 aliphatic heterocycles. The van der Waals surface area contributed by atoms with E-state index in [0.29, 0.717) is 13.0 Å². The van der Waals surface area contributed by atoms with Gasteiger partial charge < -0.3 is 4.74 Å². The Hall–Kier alpha value is -0.180. The Morgan fingerprint density at radius 1 is 0.421 bits per heavy atom. The molecule has 0 heterocycles. The molecule has 0 aliphatic rings. The Labute approximate surface area is 245 Å². The standard InChI is InChI=1S/C35H70O2S/c1-3-5-7-9-11-13-15-17-19-21-23-25-27-29-32-37-35(36)31-34-38-33-30-28-26-24-22-20-18-16-14-12-10-8-6-4-2/h3-34H2,1-2H3. The lowest BCUT2D eigenvalue weighted by atomic mass is 10.0. The van der Waals surface area contributed by atoms with Crippen LogP contribution in [0.2, 0.25) is 0 Å². The number of rotatable bonds is 33. The normalized spacial score (nSPS) is 11.3. The minimum atomic E-state index is 0.00755. The first-order chi connectivity index (χ1) is 18.8. The van der Waals surface area contributed by atoms with Crippen molar-refractivity contribution >= 4 is 17.7 Å². The van der Waals surface area contributed by atoms with E-state index in [9.17, 15) is 4.79 Å². The molecule has 0 aromatic rings. The third-order valence-electron chi connectivity index (χ3n) is 7.85. The molecule has 0 N–H and O–H groups in total. The number of esters is 1. The van der Waals surface area contributed by atoms with Crippen LogP contribution in [0.1, 0.15) is 200 Å². The number of carbonyl (C=O) groups is 1. The number of thioether (sulfide) groups is 1. The maximum Gasteiger partial charge on any atom is 0.306 e. The van der Waals surface area contributed by atoms with E-state index in [1.807, 2.05) is 11.8 Å². The molecule has 0 saturated carbocycles. The van der Waals surface area contributed by atoms with Gasteiger partial charge in [-0.05, 0) is 18.6 Å². The zero-order valence-electron chi connectivity index (χ0n) is 26.4. The lowest BCUT2D eigenvalue weighted by molar-refractivity contribution is -0.143. The van der Waals surface area contributed by atoms with Gasteiger partial charge >= 0.3 is 5.97 Å². The number of hydrogen-bond acceptors (Lipinski definition) is 3. The van der Waals surface area contributed by atoms with Crippen LogP contribution in [0.25, 0.3) is 0 Å². The second-order valence-corrected chi connectivity index (χ2v) is 13.0. The van der Waals surface area contributed by atoms with E-state index in [0.717, 1.165) is 12.2 Å². The summed E-state index contributed by atoms with van der Waals surface area (Å²) in [6.45, 7) is 5.20. The molecule has 228 valence electrons. The second-order valence-electron chi connectivity index (χ2n) is 11.8. The predicted octanol–water partition coefficient (Wildman–Crippen LogP) is 12.6. The maximum atomic E-state index is 11.9. The van der Waals surface area contributed by atoms with Crippen molar-refractivity contribution in [1.29, 1.82) is 0 Å². The number of hydrogen-bond donors (Lipinski definition) is 0. The van der Waals surface area contributed by atoms with Crippen molar-refractivity contribution in [2.45, 2.75) is 200 Å². The van der Waals surface area contributed by atoms with E-state index in [1.54, 1.807) is 0 Å². The summed E-state index contributed by atoms with van der Waals surface area (Å²) in [4.78, 5) is 11.9. The molecule has 38 heavy (non-hydrogen) atoms. The molecule has 0 aliphatic carbocycles. The van der Waals surface area contributed by atoms with Crippen LogP contribution in [0.3, 0.4) is 0 Å². The van der Waals surface area contributed by atoms with Gasteiger partial charge in [0.05, 0.1) is 13.0 Å². The fourth-order valence-corrected chi connectivity index (χ4v) is 6.13. The van der Waals surface area contributed by atoms with Crippen LogP contribution in [0.5, 0.6) is 0 Å². The molecule has 0 bridgehead atoms. The summed E-state index contributed by atoms with van der Waals surface area (Å²) in [5.74, 6) is 2.13. The van der Waals surface area contributed by atoms with Crippen molar-refractivity contribution in [3.05, 3.63) is 0 Å². The minimum Gasteiger partial charge on any atom is -0.466 e. The topological polar surface area (TPSA) is 26.3 Å². The SMILES string of the molecule is CCCCCCCCCCCCCCCCOC(=O)CCSCCCCCCCCCCCCCCCC. The van der Waals surface area contributed by atoms with Crippen LogP contribution >= 0.6 is 11.8 Å². The molecule has 0 spiro atoms. The smallest absolute Gasteiger partial charge is 0.306 e. The van der Waals surface area contributed by atoms with Crippen LogP contribution in [0.15, 0.2) is 0 Å². The van der Waals surface area contributed by atoms with Crippen LogP contribution in [-0.4, -0.2) is 24.1 Å². The van der Waals surface area contributed by atoms with Crippen molar-refractivity contribution in [3.63, 3.8) is 0 Å². The van der Waals surface area contributed by atoms with Gasteiger partial charge in [0, 0.05) is 5.75 Å². The average Bonchev–Trinajstić information content (AvgIpc) is 2.92. The maximum absolute atomic E-state index is 11.9. The van der Waals surface area contributed by atoms with E-state index in [1.165, 1.54) is 179 Å². The van der Waals surface area contributed by atoms with E-state index in [4.69, 9.17) is 4.74 Å². The summed E-state index contributed by atoms with van der Waals surface area (Å²) in [6, 6.07) is 0. The third-order valence-corrected chi connectivity index (χ3v) is 8.92. The van der Waals surface area contributed by atoms with Gasteiger partial charge in [-0.1, -0.05) is 181 Å². The molecule has 0 amide bonds. The zero-order chi connectivity index (χ0) is 27.6. The Balaban J connectivity index is 3.14. The molecule has 0 unspecified atom stereocenters. The number of unbranched alkanes of at least 4 members (excludes halogenated alkanes) is 26. The molecule has 0 rings (SSSR count). The fraction of sp³-hybridized carbons (Fsp3) is 0.971. The summed E-state index contributed by atoms with van der Waals surface area (Å²) >= 11 is 1.93. The third kappa shape index (κ3) is 33.8. The van der Waals surface area contributed by atoms with Crippen molar-refractivity contribution in [1.82, 2.24) is 0 Å². The van der Waals surface area contributed by atoms with Gasteiger partial charge in [-0.2, -0.15) is 11.8 Å². The minimum absolute atomic E-state index is 0.00755. The van der Waals surface area contributed by atoms with Crippen LogP contribution in [-0.2, 0) is 9.53 Å². The van der Waals surface area contributed by atoms with Crippen molar-refractivity contribution in [2.75, 3.05) is 18.1 Å². The second kappa shape index (κ2) is 34.8. The van der Waals surface area contributed by atoms with Crippen LogP contribution < -0.4 is 0 Å². The molecule has 0 fully saturated rings. The highest BCUT2D eigenvalue weighted by Gasteiger charge is 2.03. The van der Waals surface area contributed by atoms with Gasteiger partial charge in [-0.3, -0.25) is 4.79 Å². The predicted molar refractivity (Wildman–Crippen MR) is 174 cm³/mol. The monoisotopic (exact) mass is 555 g/mol. The van der Waals surface area contributed by atoms with Gasteiger partial charge in [0.25, 0.3) is 0 Å². The largest absolute Gasteiger partial charge is 0.466 e. The van der Waals surface area contributed by atoms with E-state index in [2.05, 4.69) is 13.8 Å². The summed E-state index contributed by atoms with van der Waals surface area (Å²) in [7, 11) is 0. The molecular formula is C35H70O2S. The van der Waals surface area contributed by atoms with Crippen molar-refractivity contribution in [3.8, 4) is 0 Å².